The van der Waals surface area contributed by atoms with Crippen molar-refractivity contribution in [1.29, 1.82) is 0 Å². The number of hydrogen-bond donors (Lipinski definition) is 2. The molecule has 2 N–H and O–H groups in total. The molecule has 1 unspecified atom stereocenters. The van der Waals surface area contributed by atoms with Gasteiger partial charge in [0, 0.05) is 22.8 Å². The van der Waals surface area contributed by atoms with Crippen molar-refractivity contribution < 1.29 is 23.1 Å². The van der Waals surface area contributed by atoms with Crippen LogP contribution < -0.4 is 5.32 Å². The molecule has 1 fully saturated rings. The molecule has 7 nitrogen and oxygen atoms in total. The predicted octanol–water partition coefficient (Wildman–Crippen LogP) is 1.63. The minimum atomic E-state index is -3.38. The molecule has 0 saturated carbocycles. The fourth-order valence-corrected chi connectivity index (χ4v) is 4.84. The summed E-state index contributed by atoms with van der Waals surface area (Å²) in [5, 5.41) is 11.3. The van der Waals surface area contributed by atoms with E-state index in [-0.39, 0.29) is 12.3 Å². The number of anilines is 1. The van der Waals surface area contributed by atoms with Gasteiger partial charge in [0.05, 0.1) is 5.75 Å². The summed E-state index contributed by atoms with van der Waals surface area (Å²) in [6.45, 7) is -0.143. The van der Waals surface area contributed by atoms with Crippen molar-refractivity contribution in [1.82, 2.24) is 4.57 Å². The van der Waals surface area contributed by atoms with Crippen LogP contribution >= 0.6 is 0 Å². The Labute approximate surface area is 139 Å². The van der Waals surface area contributed by atoms with E-state index in [2.05, 4.69) is 5.32 Å². The molecule has 1 aromatic carbocycles. The first-order chi connectivity index (χ1) is 11.4. The highest BCUT2D eigenvalue weighted by Crippen LogP contribution is 2.24. The lowest BCUT2D eigenvalue weighted by atomic mass is 10.1. The molecular weight excluding hydrogens is 332 g/mol. The maximum Gasteiger partial charge on any atom is 0.323 e. The van der Waals surface area contributed by atoms with E-state index in [9.17, 15) is 18.0 Å². The van der Waals surface area contributed by atoms with Gasteiger partial charge in [-0.05, 0) is 37.1 Å². The first kappa shape index (κ1) is 16.5. The van der Waals surface area contributed by atoms with Crippen LogP contribution in [0.15, 0.2) is 30.5 Å². The third-order valence-corrected chi connectivity index (χ3v) is 6.39. The molecule has 1 aliphatic rings. The van der Waals surface area contributed by atoms with Crippen molar-refractivity contribution in [2.45, 2.75) is 31.1 Å². The Morgan fingerprint density at radius 3 is 2.75 bits per heavy atom. The number of nitrogens with zero attached hydrogens (tertiary/aromatic N) is 1. The van der Waals surface area contributed by atoms with E-state index in [1.165, 1.54) is 0 Å². The number of carboxylic acid groups (broad SMARTS) is 1. The van der Waals surface area contributed by atoms with Crippen LogP contribution in [-0.2, 0) is 26.0 Å². The molecule has 2 aromatic rings. The highest BCUT2D eigenvalue weighted by atomic mass is 32.2. The lowest BCUT2D eigenvalue weighted by Crippen LogP contribution is -2.39. The lowest BCUT2D eigenvalue weighted by molar-refractivity contribution is -0.137. The second-order valence-corrected chi connectivity index (χ2v) is 8.25. The number of nitrogens with one attached hydrogen (secondary N) is 1. The number of carbonyl (C=O) groups is 2. The number of carboxylic acids is 1. The summed E-state index contributed by atoms with van der Waals surface area (Å²) in [7, 11) is -3.38. The maximum atomic E-state index is 12.3. The van der Waals surface area contributed by atoms with Gasteiger partial charge in [-0.3, -0.25) is 9.59 Å². The van der Waals surface area contributed by atoms with Crippen molar-refractivity contribution in [3.8, 4) is 0 Å². The van der Waals surface area contributed by atoms with Gasteiger partial charge in [-0.2, -0.15) is 0 Å². The highest BCUT2D eigenvalue weighted by Gasteiger charge is 2.34. The van der Waals surface area contributed by atoms with E-state index in [1.807, 2.05) is 0 Å². The van der Waals surface area contributed by atoms with Gasteiger partial charge in [0.25, 0.3) is 0 Å². The van der Waals surface area contributed by atoms with Crippen molar-refractivity contribution >= 4 is 38.3 Å². The third-order valence-electron chi connectivity index (χ3n) is 4.22. The van der Waals surface area contributed by atoms with Crippen LogP contribution in [0.5, 0.6) is 0 Å². The maximum absolute atomic E-state index is 12.3. The van der Waals surface area contributed by atoms with Crippen molar-refractivity contribution in [3.05, 3.63) is 30.5 Å². The number of amides is 1. The molecule has 1 amide bonds. The Bertz CT molecular complexity index is 900. The molecule has 1 aliphatic heterocycles. The Hall–Kier alpha value is -2.35. The number of sulfone groups is 1. The Kier molecular flexibility index (Phi) is 4.31. The zero-order valence-corrected chi connectivity index (χ0v) is 13.8. The van der Waals surface area contributed by atoms with Crippen molar-refractivity contribution in [2.75, 3.05) is 11.1 Å². The number of aliphatic carboxylic acids is 1. The van der Waals surface area contributed by atoms with E-state index in [0.717, 1.165) is 17.3 Å². The predicted molar refractivity (Wildman–Crippen MR) is 89.6 cm³/mol. The van der Waals surface area contributed by atoms with Crippen LogP contribution in [0.3, 0.4) is 0 Å². The van der Waals surface area contributed by atoms with Crippen molar-refractivity contribution in [2.24, 2.45) is 0 Å². The van der Waals surface area contributed by atoms with Crippen LogP contribution in [0.2, 0.25) is 0 Å². The van der Waals surface area contributed by atoms with Gasteiger partial charge in [-0.15, -0.1) is 0 Å². The number of rotatable bonds is 4. The number of aromatic nitrogens is 1. The van der Waals surface area contributed by atoms with Gasteiger partial charge in [0.1, 0.15) is 11.8 Å². The topological polar surface area (TPSA) is 105 Å². The second-order valence-electron chi connectivity index (χ2n) is 5.95. The lowest BCUT2D eigenvalue weighted by Gasteiger charge is -2.21. The Morgan fingerprint density at radius 2 is 2.04 bits per heavy atom. The minimum absolute atomic E-state index is 0.0577. The quantitative estimate of drug-likeness (QED) is 0.872. The smallest absolute Gasteiger partial charge is 0.323 e. The summed E-state index contributed by atoms with van der Waals surface area (Å²) in [6.07, 6.45) is 3.35. The van der Waals surface area contributed by atoms with E-state index in [4.69, 9.17) is 5.11 Å². The fourth-order valence-electron chi connectivity index (χ4n) is 3.03. The standard InChI is InChI=1S/C16H18N2O5S/c19-15(20)10-18-7-6-11-9-12(4-5-13(11)18)17-16(21)14-3-1-2-8-24(14,22)23/h4-7,9,14H,1-3,8,10H2,(H,17,21)(H,19,20). The number of benzene rings is 1. The molecule has 1 aromatic heterocycles. The highest BCUT2D eigenvalue weighted by molar-refractivity contribution is 7.92. The van der Waals surface area contributed by atoms with Crippen LogP contribution in [0.4, 0.5) is 5.69 Å². The normalized spacial score (nSPS) is 19.9. The van der Waals surface area contributed by atoms with Gasteiger partial charge in [0.2, 0.25) is 5.91 Å². The van der Waals surface area contributed by atoms with Gasteiger partial charge in [0.15, 0.2) is 9.84 Å². The van der Waals surface area contributed by atoms with E-state index < -0.39 is 27.0 Å². The summed E-state index contributed by atoms with van der Waals surface area (Å²) < 4.78 is 25.6. The molecule has 0 aliphatic carbocycles. The van der Waals surface area contributed by atoms with E-state index in [0.29, 0.717) is 18.5 Å². The van der Waals surface area contributed by atoms with Crippen LogP contribution in [0, 0.1) is 0 Å². The Balaban J connectivity index is 1.80. The summed E-state index contributed by atoms with van der Waals surface area (Å²) in [6, 6.07) is 6.82. The number of carbonyl (C=O) groups excluding carboxylic acids is 1. The van der Waals surface area contributed by atoms with Gasteiger partial charge in [-0.1, -0.05) is 6.42 Å². The molecule has 0 radical (unpaired) electrons. The zero-order chi connectivity index (χ0) is 17.3. The van der Waals surface area contributed by atoms with E-state index in [1.54, 1.807) is 35.0 Å². The third kappa shape index (κ3) is 3.28. The molecule has 0 spiro atoms. The molecular formula is C16H18N2O5S. The summed E-state index contributed by atoms with van der Waals surface area (Å²) >= 11 is 0. The summed E-state index contributed by atoms with van der Waals surface area (Å²) in [5.74, 6) is -1.38. The summed E-state index contributed by atoms with van der Waals surface area (Å²) in [4.78, 5) is 23.1. The number of hydrogen-bond acceptors (Lipinski definition) is 4. The van der Waals surface area contributed by atoms with Crippen molar-refractivity contribution in [3.63, 3.8) is 0 Å². The largest absolute Gasteiger partial charge is 0.480 e. The van der Waals surface area contributed by atoms with Crippen LogP contribution in [-0.4, -0.2) is 41.0 Å². The fraction of sp³-hybridized carbons (Fsp3) is 0.375. The first-order valence-electron chi connectivity index (χ1n) is 7.70. The minimum Gasteiger partial charge on any atom is -0.480 e. The SMILES string of the molecule is O=C(O)Cn1ccc2cc(NC(=O)C3CCCCS3(=O)=O)ccc21. The van der Waals surface area contributed by atoms with Gasteiger partial charge < -0.3 is 15.0 Å². The average molecular weight is 350 g/mol. The molecule has 1 atom stereocenters. The molecule has 8 heteroatoms. The monoisotopic (exact) mass is 350 g/mol. The van der Waals surface area contributed by atoms with Gasteiger partial charge >= 0.3 is 5.97 Å². The number of fused-ring (bicyclic) bond motifs is 1. The molecule has 128 valence electrons. The zero-order valence-electron chi connectivity index (χ0n) is 12.9. The van der Waals surface area contributed by atoms with E-state index >= 15 is 0 Å². The first-order valence-corrected chi connectivity index (χ1v) is 9.41. The Morgan fingerprint density at radius 1 is 1.25 bits per heavy atom. The molecule has 1 saturated heterocycles. The molecule has 24 heavy (non-hydrogen) atoms. The van der Waals surface area contributed by atoms with Crippen LogP contribution in [0.1, 0.15) is 19.3 Å². The molecule has 3 rings (SSSR count). The van der Waals surface area contributed by atoms with Crippen LogP contribution in [0.25, 0.3) is 10.9 Å². The van der Waals surface area contributed by atoms with Gasteiger partial charge in [-0.25, -0.2) is 8.42 Å². The average Bonchev–Trinajstić information content (AvgIpc) is 2.88. The molecule has 0 bridgehead atoms. The summed E-state index contributed by atoms with van der Waals surface area (Å²) in [5.41, 5.74) is 1.24. The molecule has 2 heterocycles. The second kappa shape index (κ2) is 6.27.